The summed E-state index contributed by atoms with van der Waals surface area (Å²) in [6.07, 6.45) is 0. The molecule has 0 fully saturated rings. The highest BCUT2D eigenvalue weighted by atomic mass is 16.3. The van der Waals surface area contributed by atoms with Gasteiger partial charge in [-0.25, -0.2) is 0 Å². The molecular weight excluding hydrogens is 198 g/mol. The van der Waals surface area contributed by atoms with Crippen LogP contribution in [0, 0.1) is 20.8 Å². The molecule has 2 nitrogen and oxygen atoms in total. The fraction of sp³-hybridized carbons (Fsp3) is 0.286. The van der Waals surface area contributed by atoms with Gasteiger partial charge >= 0.3 is 0 Å². The third-order valence-corrected chi connectivity index (χ3v) is 3.09. The highest BCUT2D eigenvalue weighted by Crippen LogP contribution is 2.29. The van der Waals surface area contributed by atoms with Crippen LogP contribution in [0.4, 0.5) is 0 Å². The second-order valence-electron chi connectivity index (χ2n) is 4.14. The van der Waals surface area contributed by atoms with E-state index in [0.29, 0.717) is 0 Å². The standard InChI is InChI=1S/C14H17NO/c1-9-10(2)16-11(3)13(9)14(15)12-7-5-4-6-8-12/h4-8,14H,15H2,1-3H3. The zero-order valence-electron chi connectivity index (χ0n) is 9.95. The molecule has 84 valence electrons. The average molecular weight is 215 g/mol. The van der Waals surface area contributed by atoms with Crippen molar-refractivity contribution in [1.29, 1.82) is 0 Å². The largest absolute Gasteiger partial charge is 0.466 e. The Morgan fingerprint density at radius 1 is 1.00 bits per heavy atom. The summed E-state index contributed by atoms with van der Waals surface area (Å²) in [6.45, 7) is 6.01. The summed E-state index contributed by atoms with van der Waals surface area (Å²) in [6, 6.07) is 10.0. The number of rotatable bonds is 2. The van der Waals surface area contributed by atoms with Crippen LogP contribution < -0.4 is 5.73 Å². The van der Waals surface area contributed by atoms with E-state index in [4.69, 9.17) is 10.2 Å². The van der Waals surface area contributed by atoms with Crippen molar-refractivity contribution < 1.29 is 4.42 Å². The van der Waals surface area contributed by atoms with Gasteiger partial charge < -0.3 is 10.2 Å². The number of benzene rings is 1. The molecule has 0 saturated carbocycles. The number of nitrogens with two attached hydrogens (primary N) is 1. The summed E-state index contributed by atoms with van der Waals surface area (Å²) in [4.78, 5) is 0. The highest BCUT2D eigenvalue weighted by Gasteiger charge is 2.18. The molecule has 0 bridgehead atoms. The van der Waals surface area contributed by atoms with Crippen LogP contribution >= 0.6 is 0 Å². The fourth-order valence-electron chi connectivity index (χ4n) is 2.09. The van der Waals surface area contributed by atoms with Gasteiger partial charge in [-0.3, -0.25) is 0 Å². The molecule has 1 aromatic carbocycles. The first-order chi connectivity index (χ1) is 7.61. The molecule has 0 amide bonds. The lowest BCUT2D eigenvalue weighted by Crippen LogP contribution is -2.13. The fourth-order valence-corrected chi connectivity index (χ4v) is 2.09. The third kappa shape index (κ3) is 1.76. The maximum absolute atomic E-state index is 6.27. The monoisotopic (exact) mass is 215 g/mol. The molecule has 1 heterocycles. The van der Waals surface area contributed by atoms with Crippen molar-refractivity contribution in [3.05, 3.63) is 58.5 Å². The van der Waals surface area contributed by atoms with E-state index in [2.05, 4.69) is 6.92 Å². The van der Waals surface area contributed by atoms with E-state index >= 15 is 0 Å². The van der Waals surface area contributed by atoms with E-state index in [9.17, 15) is 0 Å². The molecular formula is C14H17NO. The van der Waals surface area contributed by atoms with Crippen LogP contribution in [0.15, 0.2) is 34.7 Å². The molecule has 1 unspecified atom stereocenters. The molecule has 0 saturated heterocycles. The number of furan rings is 1. The van der Waals surface area contributed by atoms with E-state index in [1.807, 2.05) is 44.2 Å². The maximum atomic E-state index is 6.27. The lowest BCUT2D eigenvalue weighted by Gasteiger charge is -2.12. The summed E-state index contributed by atoms with van der Waals surface area (Å²) in [5.41, 5.74) is 9.67. The number of hydrogen-bond donors (Lipinski definition) is 1. The van der Waals surface area contributed by atoms with Gasteiger partial charge in [0.1, 0.15) is 11.5 Å². The van der Waals surface area contributed by atoms with Crippen LogP contribution in [0.1, 0.15) is 34.3 Å². The molecule has 2 heteroatoms. The van der Waals surface area contributed by atoms with Crippen LogP contribution in [-0.2, 0) is 0 Å². The van der Waals surface area contributed by atoms with E-state index in [1.54, 1.807) is 0 Å². The minimum absolute atomic E-state index is 0.0985. The van der Waals surface area contributed by atoms with Gasteiger partial charge in [0.15, 0.2) is 0 Å². The Morgan fingerprint density at radius 2 is 1.62 bits per heavy atom. The summed E-state index contributed by atoms with van der Waals surface area (Å²) in [7, 11) is 0. The van der Waals surface area contributed by atoms with Crippen LogP contribution in [0.2, 0.25) is 0 Å². The first-order valence-electron chi connectivity index (χ1n) is 5.48. The Balaban J connectivity index is 2.45. The molecule has 1 aromatic heterocycles. The quantitative estimate of drug-likeness (QED) is 0.835. The Kier molecular flexibility index (Phi) is 2.84. The maximum Gasteiger partial charge on any atom is 0.106 e. The van der Waals surface area contributed by atoms with Crippen LogP contribution in [-0.4, -0.2) is 0 Å². The first kappa shape index (κ1) is 11.0. The van der Waals surface area contributed by atoms with Gasteiger partial charge in [0, 0.05) is 5.56 Å². The molecule has 0 aliphatic heterocycles. The zero-order chi connectivity index (χ0) is 11.7. The molecule has 2 aromatic rings. The van der Waals surface area contributed by atoms with Crippen molar-refractivity contribution in [2.75, 3.05) is 0 Å². The minimum Gasteiger partial charge on any atom is -0.466 e. The van der Waals surface area contributed by atoms with Gasteiger partial charge in [-0.2, -0.15) is 0 Å². The van der Waals surface area contributed by atoms with E-state index in [-0.39, 0.29) is 6.04 Å². The molecule has 0 aliphatic rings. The molecule has 0 radical (unpaired) electrons. The van der Waals surface area contributed by atoms with Gasteiger partial charge in [-0.15, -0.1) is 0 Å². The van der Waals surface area contributed by atoms with Gasteiger partial charge in [-0.1, -0.05) is 30.3 Å². The second-order valence-corrected chi connectivity index (χ2v) is 4.14. The Bertz CT molecular complexity index is 485. The summed E-state index contributed by atoms with van der Waals surface area (Å²) in [5, 5.41) is 0. The predicted octanol–water partition coefficient (Wildman–Crippen LogP) is 3.25. The third-order valence-electron chi connectivity index (χ3n) is 3.09. The van der Waals surface area contributed by atoms with E-state index in [1.165, 1.54) is 0 Å². The predicted molar refractivity (Wildman–Crippen MR) is 65.4 cm³/mol. The van der Waals surface area contributed by atoms with Crippen LogP contribution in [0.3, 0.4) is 0 Å². The van der Waals surface area contributed by atoms with E-state index in [0.717, 1.165) is 28.2 Å². The van der Waals surface area contributed by atoms with Gasteiger partial charge in [-0.05, 0) is 31.9 Å². The van der Waals surface area contributed by atoms with Crippen molar-refractivity contribution in [2.45, 2.75) is 26.8 Å². The zero-order valence-corrected chi connectivity index (χ0v) is 9.95. The minimum atomic E-state index is -0.0985. The molecule has 0 spiro atoms. The van der Waals surface area contributed by atoms with Crippen LogP contribution in [0.25, 0.3) is 0 Å². The summed E-state index contributed by atoms with van der Waals surface area (Å²) in [5.74, 6) is 1.88. The summed E-state index contributed by atoms with van der Waals surface area (Å²) >= 11 is 0. The molecule has 1 atom stereocenters. The van der Waals surface area contributed by atoms with Crippen LogP contribution in [0.5, 0.6) is 0 Å². The topological polar surface area (TPSA) is 39.2 Å². The highest BCUT2D eigenvalue weighted by molar-refractivity contribution is 5.40. The Labute approximate surface area is 96.1 Å². The van der Waals surface area contributed by atoms with E-state index < -0.39 is 0 Å². The number of hydrogen-bond acceptors (Lipinski definition) is 2. The van der Waals surface area contributed by atoms with Crippen molar-refractivity contribution >= 4 is 0 Å². The smallest absolute Gasteiger partial charge is 0.106 e. The Hall–Kier alpha value is -1.54. The number of aryl methyl sites for hydroxylation is 2. The lowest BCUT2D eigenvalue weighted by molar-refractivity contribution is 0.498. The Morgan fingerprint density at radius 3 is 2.12 bits per heavy atom. The molecule has 16 heavy (non-hydrogen) atoms. The molecule has 2 N–H and O–H groups in total. The second kappa shape index (κ2) is 4.14. The van der Waals surface area contributed by atoms with Crippen molar-refractivity contribution in [2.24, 2.45) is 5.73 Å². The normalized spacial score (nSPS) is 12.8. The lowest BCUT2D eigenvalue weighted by atomic mass is 9.96. The van der Waals surface area contributed by atoms with Gasteiger partial charge in [0.25, 0.3) is 0 Å². The first-order valence-corrected chi connectivity index (χ1v) is 5.48. The van der Waals surface area contributed by atoms with Gasteiger partial charge in [0.05, 0.1) is 6.04 Å². The SMILES string of the molecule is Cc1oc(C)c(C(N)c2ccccc2)c1C. The van der Waals surface area contributed by atoms with Crippen molar-refractivity contribution in [3.8, 4) is 0 Å². The van der Waals surface area contributed by atoms with Crippen molar-refractivity contribution in [1.82, 2.24) is 0 Å². The molecule has 0 aliphatic carbocycles. The average Bonchev–Trinajstić information content (AvgIpc) is 2.54. The molecule has 2 rings (SSSR count). The van der Waals surface area contributed by atoms with Crippen molar-refractivity contribution in [3.63, 3.8) is 0 Å². The van der Waals surface area contributed by atoms with Gasteiger partial charge in [0.2, 0.25) is 0 Å². The summed E-state index contributed by atoms with van der Waals surface area (Å²) < 4.78 is 5.61.